The van der Waals surface area contributed by atoms with Crippen LogP contribution in [0.5, 0.6) is 5.75 Å². The summed E-state index contributed by atoms with van der Waals surface area (Å²) < 4.78 is 8.02. The van der Waals surface area contributed by atoms with E-state index in [4.69, 9.17) is 10.5 Å². The van der Waals surface area contributed by atoms with E-state index in [0.29, 0.717) is 6.54 Å². The van der Waals surface area contributed by atoms with Gasteiger partial charge in [0.25, 0.3) is 0 Å². The molecule has 1 heterocycles. The fraction of sp³-hybridized carbons (Fsp3) is 0.308. The van der Waals surface area contributed by atoms with E-state index in [1.165, 1.54) is 0 Å². The van der Waals surface area contributed by atoms with Gasteiger partial charge in [0.2, 0.25) is 0 Å². The summed E-state index contributed by atoms with van der Waals surface area (Å²) in [6.07, 6.45) is 0. The summed E-state index contributed by atoms with van der Waals surface area (Å²) in [5.41, 5.74) is 9.96. The minimum absolute atomic E-state index is 0.431. The summed E-state index contributed by atoms with van der Waals surface area (Å²) in [6, 6.07) is 5.99. The molecule has 2 rings (SSSR count). The van der Waals surface area contributed by atoms with Crippen LogP contribution in [-0.2, 0) is 13.6 Å². The minimum atomic E-state index is 0.431. The van der Waals surface area contributed by atoms with Crippen molar-refractivity contribution in [3.8, 4) is 16.9 Å². The van der Waals surface area contributed by atoms with Gasteiger partial charge in [-0.3, -0.25) is 4.68 Å². The molecule has 0 amide bonds. The second-order valence-corrected chi connectivity index (χ2v) is 4.94. The predicted octanol–water partition coefficient (Wildman–Crippen LogP) is 2.63. The van der Waals surface area contributed by atoms with Crippen molar-refractivity contribution >= 4 is 15.9 Å². The highest BCUT2D eigenvalue weighted by atomic mass is 79.9. The van der Waals surface area contributed by atoms with E-state index >= 15 is 0 Å². The van der Waals surface area contributed by atoms with Crippen molar-refractivity contribution in [2.24, 2.45) is 12.8 Å². The largest absolute Gasteiger partial charge is 0.496 e. The molecule has 2 aromatic rings. The molecule has 0 spiro atoms. The molecule has 0 fully saturated rings. The Kier molecular flexibility index (Phi) is 3.73. The smallest absolute Gasteiger partial charge is 0.133 e. The van der Waals surface area contributed by atoms with Gasteiger partial charge in [0.15, 0.2) is 0 Å². The number of hydrogen-bond donors (Lipinski definition) is 1. The van der Waals surface area contributed by atoms with Gasteiger partial charge < -0.3 is 10.5 Å². The SMILES string of the molecule is COc1ccc(-c2c(CN)nn(C)c2C)cc1Br. The lowest BCUT2D eigenvalue weighted by atomic mass is 10.0. The highest BCUT2D eigenvalue weighted by Gasteiger charge is 2.14. The van der Waals surface area contributed by atoms with Crippen LogP contribution in [0.15, 0.2) is 22.7 Å². The Morgan fingerprint density at radius 2 is 2.17 bits per heavy atom. The molecule has 0 atom stereocenters. The summed E-state index contributed by atoms with van der Waals surface area (Å²) >= 11 is 3.50. The molecule has 18 heavy (non-hydrogen) atoms. The molecule has 2 N–H and O–H groups in total. The first-order valence-electron chi connectivity index (χ1n) is 5.65. The van der Waals surface area contributed by atoms with Gasteiger partial charge in [0.05, 0.1) is 17.3 Å². The molecule has 4 nitrogen and oxygen atoms in total. The monoisotopic (exact) mass is 309 g/mol. The van der Waals surface area contributed by atoms with Crippen molar-refractivity contribution in [2.45, 2.75) is 13.5 Å². The molecule has 0 saturated carbocycles. The van der Waals surface area contributed by atoms with Crippen LogP contribution in [0.2, 0.25) is 0 Å². The number of ether oxygens (including phenoxy) is 1. The van der Waals surface area contributed by atoms with Crippen molar-refractivity contribution in [2.75, 3.05) is 7.11 Å². The Bertz CT molecular complexity index is 578. The molecular formula is C13H16BrN3O. The normalized spacial score (nSPS) is 10.7. The van der Waals surface area contributed by atoms with Gasteiger partial charge in [-0.15, -0.1) is 0 Å². The third-order valence-electron chi connectivity index (χ3n) is 3.04. The Hall–Kier alpha value is -1.33. The minimum Gasteiger partial charge on any atom is -0.496 e. The van der Waals surface area contributed by atoms with Crippen LogP contribution in [0.1, 0.15) is 11.4 Å². The quantitative estimate of drug-likeness (QED) is 0.948. The third-order valence-corrected chi connectivity index (χ3v) is 3.66. The average Bonchev–Trinajstić information content (AvgIpc) is 2.65. The first-order chi connectivity index (χ1) is 8.58. The maximum Gasteiger partial charge on any atom is 0.133 e. The van der Waals surface area contributed by atoms with Crippen LogP contribution >= 0.6 is 15.9 Å². The molecule has 1 aromatic carbocycles. The van der Waals surface area contributed by atoms with Crippen molar-refractivity contribution in [3.05, 3.63) is 34.1 Å². The summed E-state index contributed by atoms with van der Waals surface area (Å²) in [5, 5.41) is 4.42. The van der Waals surface area contributed by atoms with Gasteiger partial charge >= 0.3 is 0 Å². The molecule has 0 radical (unpaired) electrons. The first kappa shape index (κ1) is 13.1. The lowest BCUT2D eigenvalue weighted by Crippen LogP contribution is -1.99. The second kappa shape index (κ2) is 5.12. The summed E-state index contributed by atoms with van der Waals surface area (Å²) in [6.45, 7) is 2.47. The van der Waals surface area contributed by atoms with Gasteiger partial charge in [-0.25, -0.2) is 0 Å². The fourth-order valence-corrected chi connectivity index (χ4v) is 2.56. The Balaban J connectivity index is 2.58. The number of rotatable bonds is 3. The van der Waals surface area contributed by atoms with Gasteiger partial charge in [-0.05, 0) is 40.5 Å². The molecule has 0 unspecified atom stereocenters. The number of aryl methyl sites for hydroxylation is 1. The molecule has 96 valence electrons. The van der Waals surface area contributed by atoms with Crippen molar-refractivity contribution in [1.29, 1.82) is 0 Å². The summed E-state index contributed by atoms with van der Waals surface area (Å²) in [4.78, 5) is 0. The highest BCUT2D eigenvalue weighted by Crippen LogP contribution is 2.33. The molecule has 0 saturated heterocycles. The van der Waals surface area contributed by atoms with Crippen LogP contribution in [0.3, 0.4) is 0 Å². The van der Waals surface area contributed by atoms with Crippen LogP contribution in [0.25, 0.3) is 11.1 Å². The highest BCUT2D eigenvalue weighted by molar-refractivity contribution is 9.10. The number of aromatic nitrogens is 2. The van der Waals surface area contributed by atoms with Gasteiger partial charge in [0.1, 0.15) is 5.75 Å². The molecule has 0 aliphatic carbocycles. The number of methoxy groups -OCH3 is 1. The van der Waals surface area contributed by atoms with Crippen molar-refractivity contribution < 1.29 is 4.74 Å². The van der Waals surface area contributed by atoms with E-state index in [9.17, 15) is 0 Å². The van der Waals surface area contributed by atoms with E-state index in [2.05, 4.69) is 21.0 Å². The molecule has 1 aromatic heterocycles. The molecule has 0 aliphatic heterocycles. The van der Waals surface area contributed by atoms with E-state index < -0.39 is 0 Å². The zero-order valence-electron chi connectivity index (χ0n) is 10.7. The summed E-state index contributed by atoms with van der Waals surface area (Å²) in [5.74, 6) is 0.814. The molecule has 0 bridgehead atoms. The van der Waals surface area contributed by atoms with Crippen LogP contribution in [0, 0.1) is 6.92 Å². The van der Waals surface area contributed by atoms with E-state index in [1.54, 1.807) is 7.11 Å². The lowest BCUT2D eigenvalue weighted by Gasteiger charge is -2.07. The van der Waals surface area contributed by atoms with Crippen molar-refractivity contribution in [1.82, 2.24) is 9.78 Å². The van der Waals surface area contributed by atoms with Crippen LogP contribution < -0.4 is 10.5 Å². The van der Waals surface area contributed by atoms with E-state index in [1.807, 2.05) is 36.9 Å². The fourth-order valence-electron chi connectivity index (χ4n) is 2.02. The van der Waals surface area contributed by atoms with Crippen molar-refractivity contribution in [3.63, 3.8) is 0 Å². The maximum absolute atomic E-state index is 5.75. The Morgan fingerprint density at radius 1 is 1.44 bits per heavy atom. The average molecular weight is 310 g/mol. The Morgan fingerprint density at radius 3 is 2.72 bits per heavy atom. The standard InChI is InChI=1S/C13H16BrN3O/c1-8-13(11(7-15)16-17(8)2)9-4-5-12(18-3)10(14)6-9/h4-6H,7,15H2,1-3H3. The zero-order valence-corrected chi connectivity index (χ0v) is 12.3. The number of benzene rings is 1. The predicted molar refractivity (Wildman–Crippen MR) is 75.5 cm³/mol. The summed E-state index contributed by atoms with van der Waals surface area (Å²) in [7, 11) is 3.58. The molecule has 0 aliphatic rings. The zero-order chi connectivity index (χ0) is 13.3. The Labute approximate surface area is 115 Å². The number of nitrogens with zero attached hydrogens (tertiary/aromatic N) is 2. The maximum atomic E-state index is 5.75. The third kappa shape index (κ3) is 2.15. The van der Waals surface area contributed by atoms with Gasteiger partial charge in [0, 0.05) is 24.8 Å². The number of hydrogen-bond acceptors (Lipinski definition) is 3. The van der Waals surface area contributed by atoms with Crippen LogP contribution in [-0.4, -0.2) is 16.9 Å². The molecular weight excluding hydrogens is 294 g/mol. The van der Waals surface area contributed by atoms with E-state index in [-0.39, 0.29) is 0 Å². The lowest BCUT2D eigenvalue weighted by molar-refractivity contribution is 0.412. The molecule has 5 heteroatoms. The van der Waals surface area contributed by atoms with Gasteiger partial charge in [-0.1, -0.05) is 6.07 Å². The first-order valence-corrected chi connectivity index (χ1v) is 6.44. The van der Waals surface area contributed by atoms with Gasteiger partial charge in [-0.2, -0.15) is 5.10 Å². The number of halogens is 1. The second-order valence-electron chi connectivity index (χ2n) is 4.08. The van der Waals surface area contributed by atoms with E-state index in [0.717, 1.165) is 32.7 Å². The van der Waals surface area contributed by atoms with Crippen LogP contribution in [0.4, 0.5) is 0 Å². The topological polar surface area (TPSA) is 53.1 Å². The number of nitrogens with two attached hydrogens (primary N) is 1.